The lowest BCUT2D eigenvalue weighted by molar-refractivity contribution is -0.125. The van der Waals surface area contributed by atoms with Crippen LogP contribution in [0.4, 0.5) is 0 Å². The summed E-state index contributed by atoms with van der Waals surface area (Å²) < 4.78 is 1.05. The third-order valence-electron chi connectivity index (χ3n) is 4.40. The lowest BCUT2D eigenvalue weighted by Crippen LogP contribution is -2.42. The molecule has 0 spiro atoms. The fourth-order valence-corrected chi connectivity index (χ4v) is 3.10. The third-order valence-corrected chi connectivity index (χ3v) is 4.93. The minimum atomic E-state index is 0.0715. The third kappa shape index (κ3) is 3.61. The quantitative estimate of drug-likeness (QED) is 0.833. The summed E-state index contributed by atoms with van der Waals surface area (Å²) in [6, 6.07) is 8.22. The van der Waals surface area contributed by atoms with Gasteiger partial charge >= 0.3 is 0 Å². The number of carbonyl (C=O) groups is 1. The number of rotatable bonds is 6. The van der Waals surface area contributed by atoms with E-state index < -0.39 is 0 Å². The van der Waals surface area contributed by atoms with E-state index in [0.717, 1.165) is 29.3 Å². The summed E-state index contributed by atoms with van der Waals surface area (Å²) in [5.74, 6) is 0.130. The second kappa shape index (κ2) is 6.72. The van der Waals surface area contributed by atoms with Crippen molar-refractivity contribution in [2.24, 2.45) is 11.1 Å². The molecule has 0 bridgehead atoms. The largest absolute Gasteiger partial charge is 0.349 e. The van der Waals surface area contributed by atoms with Gasteiger partial charge in [0.15, 0.2) is 0 Å². The van der Waals surface area contributed by atoms with Gasteiger partial charge in [0.1, 0.15) is 0 Å². The smallest absolute Gasteiger partial charge is 0.221 e. The van der Waals surface area contributed by atoms with Gasteiger partial charge in [-0.1, -0.05) is 41.4 Å². The molecule has 1 fully saturated rings. The lowest BCUT2D eigenvalue weighted by Gasteiger charge is -2.40. The van der Waals surface area contributed by atoms with Gasteiger partial charge in [0.2, 0.25) is 5.91 Å². The summed E-state index contributed by atoms with van der Waals surface area (Å²) in [5.41, 5.74) is 7.05. The zero-order chi connectivity index (χ0) is 14.6. The summed E-state index contributed by atoms with van der Waals surface area (Å²) in [7, 11) is 0. The molecule has 1 aromatic carbocycles. The monoisotopic (exact) mass is 338 g/mol. The number of hydrogen-bond donors (Lipinski definition) is 2. The van der Waals surface area contributed by atoms with Crippen LogP contribution < -0.4 is 11.1 Å². The molecule has 110 valence electrons. The Morgan fingerprint density at radius 2 is 2.05 bits per heavy atom. The average molecular weight is 339 g/mol. The summed E-state index contributed by atoms with van der Waals surface area (Å²) in [4.78, 5) is 12.2. The Kier molecular flexibility index (Phi) is 5.22. The normalized spacial score (nSPS) is 18.1. The standard InChI is InChI=1S/C16H23BrN2O/c1-2-14(12-4-6-13(17)7-5-12)19-15(20)10-16(11-18)8-3-9-16/h4-7,14H,2-3,8-11,18H2,1H3,(H,19,20). The molecule has 1 amide bonds. The fraction of sp³-hybridized carbons (Fsp3) is 0.562. The van der Waals surface area contributed by atoms with Crippen molar-refractivity contribution in [3.63, 3.8) is 0 Å². The molecule has 0 heterocycles. The van der Waals surface area contributed by atoms with Crippen molar-refractivity contribution in [1.82, 2.24) is 5.32 Å². The van der Waals surface area contributed by atoms with Gasteiger partial charge < -0.3 is 11.1 Å². The van der Waals surface area contributed by atoms with Gasteiger partial charge in [-0.25, -0.2) is 0 Å². The van der Waals surface area contributed by atoms with E-state index in [1.165, 1.54) is 6.42 Å². The molecule has 1 aromatic rings. The zero-order valence-electron chi connectivity index (χ0n) is 12.0. The Morgan fingerprint density at radius 1 is 1.40 bits per heavy atom. The molecule has 0 aromatic heterocycles. The molecule has 1 saturated carbocycles. The van der Waals surface area contributed by atoms with Crippen LogP contribution >= 0.6 is 15.9 Å². The summed E-state index contributed by atoms with van der Waals surface area (Å²) >= 11 is 3.43. The molecular formula is C16H23BrN2O. The van der Waals surface area contributed by atoms with Crippen LogP contribution in [0.5, 0.6) is 0 Å². The molecule has 0 saturated heterocycles. The van der Waals surface area contributed by atoms with Crippen molar-refractivity contribution in [3.05, 3.63) is 34.3 Å². The molecular weight excluding hydrogens is 316 g/mol. The van der Waals surface area contributed by atoms with E-state index in [9.17, 15) is 4.79 Å². The lowest BCUT2D eigenvalue weighted by atomic mass is 9.66. The first-order chi connectivity index (χ1) is 9.58. The van der Waals surface area contributed by atoms with Crippen molar-refractivity contribution < 1.29 is 4.79 Å². The highest BCUT2D eigenvalue weighted by Crippen LogP contribution is 2.42. The minimum Gasteiger partial charge on any atom is -0.349 e. The molecule has 1 atom stereocenters. The van der Waals surface area contributed by atoms with Crippen LogP contribution in [0.15, 0.2) is 28.7 Å². The first kappa shape index (κ1) is 15.5. The molecule has 20 heavy (non-hydrogen) atoms. The van der Waals surface area contributed by atoms with Crippen LogP contribution in [0.25, 0.3) is 0 Å². The number of carbonyl (C=O) groups excluding carboxylic acids is 1. The first-order valence-corrected chi connectivity index (χ1v) is 8.13. The van der Waals surface area contributed by atoms with Crippen LogP contribution in [0.2, 0.25) is 0 Å². The molecule has 1 unspecified atom stereocenters. The van der Waals surface area contributed by atoms with Crippen molar-refractivity contribution >= 4 is 21.8 Å². The highest BCUT2D eigenvalue weighted by atomic mass is 79.9. The summed E-state index contributed by atoms with van der Waals surface area (Å²) in [6.45, 7) is 2.71. The molecule has 2 rings (SSSR count). The van der Waals surface area contributed by atoms with Crippen molar-refractivity contribution in [1.29, 1.82) is 0 Å². The van der Waals surface area contributed by atoms with Crippen LogP contribution in [-0.4, -0.2) is 12.5 Å². The molecule has 3 N–H and O–H groups in total. The topological polar surface area (TPSA) is 55.1 Å². The Hall–Kier alpha value is -0.870. The zero-order valence-corrected chi connectivity index (χ0v) is 13.6. The van der Waals surface area contributed by atoms with Gasteiger partial charge in [-0.15, -0.1) is 0 Å². The number of hydrogen-bond acceptors (Lipinski definition) is 2. The number of benzene rings is 1. The van der Waals surface area contributed by atoms with Crippen molar-refractivity contribution in [2.45, 2.75) is 45.1 Å². The maximum Gasteiger partial charge on any atom is 0.221 e. The predicted octanol–water partition coefficient (Wildman–Crippen LogP) is 3.54. The van der Waals surface area contributed by atoms with Gasteiger partial charge in [0.25, 0.3) is 0 Å². The van der Waals surface area contributed by atoms with E-state index in [-0.39, 0.29) is 17.4 Å². The summed E-state index contributed by atoms with van der Waals surface area (Å²) in [5, 5.41) is 3.15. The molecule has 1 aliphatic rings. The van der Waals surface area contributed by atoms with Crippen molar-refractivity contribution in [2.75, 3.05) is 6.54 Å². The van der Waals surface area contributed by atoms with Gasteiger partial charge in [0, 0.05) is 10.9 Å². The second-order valence-electron chi connectivity index (χ2n) is 5.81. The molecule has 0 aliphatic heterocycles. The van der Waals surface area contributed by atoms with Gasteiger partial charge in [-0.05, 0) is 48.9 Å². The maximum atomic E-state index is 12.2. The van der Waals surface area contributed by atoms with Crippen LogP contribution in [0, 0.1) is 5.41 Å². The van der Waals surface area contributed by atoms with Crippen LogP contribution in [-0.2, 0) is 4.79 Å². The highest BCUT2D eigenvalue weighted by Gasteiger charge is 2.37. The summed E-state index contributed by atoms with van der Waals surface area (Å²) in [6.07, 6.45) is 4.84. The Morgan fingerprint density at radius 3 is 2.50 bits per heavy atom. The Balaban J connectivity index is 1.95. The van der Waals surface area contributed by atoms with Gasteiger partial charge in [-0.2, -0.15) is 0 Å². The van der Waals surface area contributed by atoms with Gasteiger partial charge in [-0.3, -0.25) is 4.79 Å². The van der Waals surface area contributed by atoms with Crippen molar-refractivity contribution in [3.8, 4) is 0 Å². The molecule has 3 nitrogen and oxygen atoms in total. The van der Waals surface area contributed by atoms with E-state index in [1.807, 2.05) is 12.1 Å². The Bertz CT molecular complexity index is 449. The Labute approximate surface area is 129 Å². The number of amides is 1. The number of nitrogens with one attached hydrogen (secondary N) is 1. The minimum absolute atomic E-state index is 0.0715. The first-order valence-electron chi connectivity index (χ1n) is 7.33. The fourth-order valence-electron chi connectivity index (χ4n) is 2.83. The van der Waals surface area contributed by atoms with Crippen LogP contribution in [0.1, 0.15) is 50.6 Å². The molecule has 4 heteroatoms. The van der Waals surface area contributed by atoms with E-state index in [1.54, 1.807) is 0 Å². The number of halogens is 1. The second-order valence-corrected chi connectivity index (χ2v) is 6.73. The maximum absolute atomic E-state index is 12.2. The van der Waals surface area contributed by atoms with E-state index in [0.29, 0.717) is 13.0 Å². The molecule has 1 aliphatic carbocycles. The van der Waals surface area contributed by atoms with E-state index >= 15 is 0 Å². The number of nitrogens with two attached hydrogens (primary N) is 1. The average Bonchev–Trinajstić information content (AvgIpc) is 2.41. The van der Waals surface area contributed by atoms with E-state index in [4.69, 9.17) is 5.73 Å². The van der Waals surface area contributed by atoms with Crippen LogP contribution in [0.3, 0.4) is 0 Å². The highest BCUT2D eigenvalue weighted by molar-refractivity contribution is 9.10. The SMILES string of the molecule is CCC(NC(=O)CC1(CN)CCC1)c1ccc(Br)cc1. The van der Waals surface area contributed by atoms with Gasteiger partial charge in [0.05, 0.1) is 6.04 Å². The van der Waals surface area contributed by atoms with E-state index in [2.05, 4.69) is 40.3 Å². The predicted molar refractivity (Wildman–Crippen MR) is 85.3 cm³/mol. The molecule has 0 radical (unpaired) electrons.